The molecule has 0 saturated carbocycles. The molecule has 0 saturated heterocycles. The predicted molar refractivity (Wildman–Crippen MR) is 57.9 cm³/mol. The van der Waals surface area contributed by atoms with Crippen molar-refractivity contribution >= 4 is 5.57 Å². The molecule has 0 unspecified atom stereocenters. The van der Waals surface area contributed by atoms with E-state index in [1.807, 2.05) is 19.9 Å². The molecule has 0 fully saturated rings. The Kier molecular flexibility index (Phi) is 2.44. The third-order valence-corrected chi connectivity index (χ3v) is 2.28. The van der Waals surface area contributed by atoms with Gasteiger partial charge in [0.25, 0.3) is 0 Å². The highest BCUT2D eigenvalue weighted by Crippen LogP contribution is 2.20. The number of nitrogens with zero attached hydrogens (tertiary/aromatic N) is 2. The zero-order valence-corrected chi connectivity index (χ0v) is 8.62. The molecule has 1 aromatic heterocycles. The monoisotopic (exact) mass is 186 g/mol. The highest BCUT2D eigenvalue weighted by atomic mass is 14.9. The average molecular weight is 186 g/mol. The van der Waals surface area contributed by atoms with Crippen LogP contribution in [0.5, 0.6) is 0 Å². The third kappa shape index (κ3) is 1.90. The van der Waals surface area contributed by atoms with Gasteiger partial charge in [-0.15, -0.1) is 0 Å². The van der Waals surface area contributed by atoms with E-state index in [9.17, 15) is 0 Å². The van der Waals surface area contributed by atoms with Crippen LogP contribution in [0.1, 0.15) is 30.1 Å². The summed E-state index contributed by atoms with van der Waals surface area (Å²) in [6, 6.07) is 2.00. The van der Waals surface area contributed by atoms with Crippen LogP contribution in [0, 0.1) is 13.8 Å². The second kappa shape index (κ2) is 3.74. The lowest BCUT2D eigenvalue weighted by molar-refractivity contribution is 0.968. The van der Waals surface area contributed by atoms with Crippen LogP contribution in [0.15, 0.2) is 24.3 Å². The van der Waals surface area contributed by atoms with E-state index in [0.29, 0.717) is 0 Å². The summed E-state index contributed by atoms with van der Waals surface area (Å²) in [5, 5.41) is 0. The van der Waals surface area contributed by atoms with Gasteiger partial charge in [0.05, 0.1) is 0 Å². The van der Waals surface area contributed by atoms with Gasteiger partial charge in [0.15, 0.2) is 5.82 Å². The van der Waals surface area contributed by atoms with E-state index in [0.717, 1.165) is 30.1 Å². The van der Waals surface area contributed by atoms with Gasteiger partial charge >= 0.3 is 0 Å². The number of aryl methyl sites for hydroxylation is 2. The molecule has 72 valence electrons. The van der Waals surface area contributed by atoms with E-state index in [-0.39, 0.29) is 0 Å². The van der Waals surface area contributed by atoms with Crippen molar-refractivity contribution in [3.63, 3.8) is 0 Å². The largest absolute Gasteiger partial charge is 0.234 e. The molecule has 1 aliphatic carbocycles. The van der Waals surface area contributed by atoms with E-state index in [1.165, 1.54) is 5.57 Å². The van der Waals surface area contributed by atoms with Crippen LogP contribution in [0.3, 0.4) is 0 Å². The van der Waals surface area contributed by atoms with Crippen molar-refractivity contribution in [2.45, 2.75) is 26.7 Å². The van der Waals surface area contributed by atoms with Crippen LogP contribution in [0.2, 0.25) is 0 Å². The van der Waals surface area contributed by atoms with Gasteiger partial charge in [-0.25, -0.2) is 9.97 Å². The van der Waals surface area contributed by atoms with E-state index >= 15 is 0 Å². The van der Waals surface area contributed by atoms with Crippen LogP contribution < -0.4 is 0 Å². The minimum Gasteiger partial charge on any atom is -0.234 e. The Labute approximate surface area is 84.4 Å². The second-order valence-electron chi connectivity index (χ2n) is 3.63. The quantitative estimate of drug-likeness (QED) is 0.674. The molecule has 1 aromatic rings. The molecular weight excluding hydrogens is 172 g/mol. The topological polar surface area (TPSA) is 25.8 Å². The molecule has 14 heavy (non-hydrogen) atoms. The first-order chi connectivity index (χ1) is 6.75. The zero-order valence-electron chi connectivity index (χ0n) is 8.62. The van der Waals surface area contributed by atoms with Gasteiger partial charge in [-0.05, 0) is 38.3 Å². The fraction of sp³-hybridized carbons (Fsp3) is 0.333. The lowest BCUT2D eigenvalue weighted by Gasteiger charge is -2.08. The molecule has 0 atom stereocenters. The maximum Gasteiger partial charge on any atom is 0.155 e. The number of hydrogen-bond donors (Lipinski definition) is 0. The Morgan fingerprint density at radius 2 is 1.86 bits per heavy atom. The SMILES string of the molecule is Cc1cc(C)nc(C2=CC=CCC2)n1. The van der Waals surface area contributed by atoms with Gasteiger partial charge in [0.2, 0.25) is 0 Å². The zero-order chi connectivity index (χ0) is 9.97. The summed E-state index contributed by atoms with van der Waals surface area (Å²) in [7, 11) is 0. The number of aromatic nitrogens is 2. The van der Waals surface area contributed by atoms with Gasteiger partial charge < -0.3 is 0 Å². The summed E-state index contributed by atoms with van der Waals surface area (Å²) in [6.45, 7) is 4.02. The van der Waals surface area contributed by atoms with E-state index < -0.39 is 0 Å². The summed E-state index contributed by atoms with van der Waals surface area (Å²) in [5.74, 6) is 0.895. The molecule has 0 aromatic carbocycles. The number of hydrogen-bond acceptors (Lipinski definition) is 2. The first-order valence-corrected chi connectivity index (χ1v) is 4.94. The second-order valence-corrected chi connectivity index (χ2v) is 3.63. The Hall–Kier alpha value is -1.44. The summed E-state index contributed by atoms with van der Waals surface area (Å²) >= 11 is 0. The Morgan fingerprint density at radius 1 is 1.14 bits per heavy atom. The van der Waals surface area contributed by atoms with Crippen LogP contribution in [-0.2, 0) is 0 Å². The fourth-order valence-corrected chi connectivity index (χ4v) is 1.66. The first kappa shape index (κ1) is 9.13. The van der Waals surface area contributed by atoms with Crippen molar-refractivity contribution in [1.82, 2.24) is 9.97 Å². The van der Waals surface area contributed by atoms with Gasteiger partial charge in [0, 0.05) is 11.4 Å². The highest BCUT2D eigenvalue weighted by molar-refractivity contribution is 5.63. The smallest absolute Gasteiger partial charge is 0.155 e. The maximum atomic E-state index is 4.44. The van der Waals surface area contributed by atoms with Crippen LogP contribution in [0.4, 0.5) is 0 Å². The lowest BCUT2D eigenvalue weighted by Crippen LogP contribution is -1.99. The average Bonchev–Trinajstić information content (AvgIpc) is 2.18. The summed E-state index contributed by atoms with van der Waals surface area (Å²) in [4.78, 5) is 8.89. The molecule has 0 bridgehead atoms. The number of rotatable bonds is 1. The molecule has 1 aliphatic rings. The summed E-state index contributed by atoms with van der Waals surface area (Å²) in [6.07, 6.45) is 8.52. The van der Waals surface area contributed by atoms with E-state index in [2.05, 4.69) is 28.2 Å². The molecular formula is C12H14N2. The van der Waals surface area contributed by atoms with Crippen LogP contribution in [-0.4, -0.2) is 9.97 Å². The van der Waals surface area contributed by atoms with Gasteiger partial charge in [-0.2, -0.15) is 0 Å². The Balaban J connectivity index is 2.40. The Bertz CT molecular complexity index is 383. The van der Waals surface area contributed by atoms with Crippen molar-refractivity contribution in [3.8, 4) is 0 Å². The van der Waals surface area contributed by atoms with E-state index in [1.54, 1.807) is 0 Å². The van der Waals surface area contributed by atoms with Crippen molar-refractivity contribution in [2.24, 2.45) is 0 Å². The molecule has 0 spiro atoms. The van der Waals surface area contributed by atoms with Crippen molar-refractivity contribution in [2.75, 3.05) is 0 Å². The van der Waals surface area contributed by atoms with Crippen molar-refractivity contribution < 1.29 is 0 Å². The van der Waals surface area contributed by atoms with E-state index in [4.69, 9.17) is 0 Å². The molecule has 2 rings (SSSR count). The van der Waals surface area contributed by atoms with Crippen molar-refractivity contribution in [1.29, 1.82) is 0 Å². The normalized spacial score (nSPS) is 15.4. The molecule has 2 heteroatoms. The number of allylic oxidation sites excluding steroid dienone is 4. The first-order valence-electron chi connectivity index (χ1n) is 4.94. The van der Waals surface area contributed by atoms with Gasteiger partial charge in [-0.1, -0.05) is 18.2 Å². The minimum atomic E-state index is 0.895. The molecule has 0 aliphatic heterocycles. The molecule has 0 amide bonds. The lowest BCUT2D eigenvalue weighted by atomic mass is 10.0. The van der Waals surface area contributed by atoms with Crippen molar-refractivity contribution in [3.05, 3.63) is 41.5 Å². The predicted octanol–water partition coefficient (Wildman–Crippen LogP) is 2.83. The maximum absolute atomic E-state index is 4.44. The summed E-state index contributed by atoms with van der Waals surface area (Å²) in [5.41, 5.74) is 3.34. The molecule has 2 nitrogen and oxygen atoms in total. The molecule has 0 N–H and O–H groups in total. The van der Waals surface area contributed by atoms with Gasteiger partial charge in [-0.3, -0.25) is 0 Å². The third-order valence-electron chi connectivity index (χ3n) is 2.28. The molecule has 0 radical (unpaired) electrons. The van der Waals surface area contributed by atoms with Gasteiger partial charge in [0.1, 0.15) is 0 Å². The Morgan fingerprint density at radius 3 is 2.43 bits per heavy atom. The summed E-state index contributed by atoms with van der Waals surface area (Å²) < 4.78 is 0. The standard InChI is InChI=1S/C12H14N2/c1-9-8-10(2)14-12(13-9)11-6-4-3-5-7-11/h3-4,6,8H,5,7H2,1-2H3. The van der Waals surface area contributed by atoms with Crippen LogP contribution >= 0.6 is 0 Å². The minimum absolute atomic E-state index is 0.895. The van der Waals surface area contributed by atoms with Crippen LogP contribution in [0.25, 0.3) is 5.57 Å². The molecule has 1 heterocycles. The fourth-order valence-electron chi connectivity index (χ4n) is 1.66. The highest BCUT2D eigenvalue weighted by Gasteiger charge is 2.06.